The molecule has 0 aliphatic carbocycles. The van der Waals surface area contributed by atoms with E-state index in [2.05, 4.69) is 5.32 Å². The highest BCUT2D eigenvalue weighted by Crippen LogP contribution is 2.43. The summed E-state index contributed by atoms with van der Waals surface area (Å²) >= 11 is 0. The molecule has 64 heavy (non-hydrogen) atoms. The lowest BCUT2D eigenvalue weighted by Crippen LogP contribution is -2.51. The van der Waals surface area contributed by atoms with Gasteiger partial charge in [-0.3, -0.25) is 28.9 Å². The molecule has 2 aromatic carbocycles. The first kappa shape index (κ1) is 49.0. The van der Waals surface area contributed by atoms with Crippen LogP contribution in [0.25, 0.3) is 11.3 Å². The van der Waals surface area contributed by atoms with Crippen LogP contribution < -0.4 is 5.32 Å². The van der Waals surface area contributed by atoms with Crippen LogP contribution in [0.15, 0.2) is 66.9 Å². The third kappa shape index (κ3) is 13.0. The third-order valence-electron chi connectivity index (χ3n) is 10.8. The normalized spacial score (nSPS) is 17.4. The molecular formula is C46H57F3N6O9. The Bertz CT molecular complexity index is 2190. The number of ether oxygens (including phenoxy) is 3. The molecule has 3 aromatic rings. The van der Waals surface area contributed by atoms with Crippen LogP contribution in [-0.4, -0.2) is 124 Å². The van der Waals surface area contributed by atoms with Crippen LogP contribution in [0.5, 0.6) is 0 Å². The lowest BCUT2D eigenvalue weighted by molar-refractivity contribution is -0.161. The van der Waals surface area contributed by atoms with E-state index in [1.54, 1.807) is 31.5 Å². The van der Waals surface area contributed by atoms with E-state index in [0.29, 0.717) is 0 Å². The van der Waals surface area contributed by atoms with Crippen LogP contribution in [0.3, 0.4) is 0 Å². The molecule has 5 rings (SSSR count). The second-order valence-corrected chi connectivity index (χ2v) is 17.6. The smallest absolute Gasteiger partial charge is 0.410 e. The lowest BCUT2D eigenvalue weighted by Gasteiger charge is -2.44. The van der Waals surface area contributed by atoms with E-state index in [9.17, 15) is 33.2 Å². The predicted molar refractivity (Wildman–Crippen MR) is 228 cm³/mol. The Morgan fingerprint density at radius 1 is 0.969 bits per heavy atom. The van der Waals surface area contributed by atoms with Crippen molar-refractivity contribution in [2.75, 3.05) is 45.9 Å². The number of carbonyl (C=O) groups excluding carboxylic acids is 6. The minimum absolute atomic E-state index is 0.000253. The molecular weight excluding hydrogens is 838 g/mol. The Balaban J connectivity index is 1.51. The fourth-order valence-electron chi connectivity index (χ4n) is 7.70. The number of likely N-dealkylation sites (tertiary alicyclic amines) is 1. The first-order valence-corrected chi connectivity index (χ1v) is 21.2. The van der Waals surface area contributed by atoms with Gasteiger partial charge in [0.1, 0.15) is 29.2 Å². The second kappa shape index (κ2) is 21.1. The Hall–Kier alpha value is -6.04. The fourth-order valence-corrected chi connectivity index (χ4v) is 7.70. The number of imide groups is 1. The number of hydrogen-bond acceptors (Lipinski definition) is 10. The summed E-state index contributed by atoms with van der Waals surface area (Å²) in [5.74, 6) is -4.91. The number of carbonyl (C=O) groups is 6. The van der Waals surface area contributed by atoms with Gasteiger partial charge in [0.25, 0.3) is 17.7 Å². The Labute approximate surface area is 370 Å². The largest absolute Gasteiger partial charge is 0.453 e. The van der Waals surface area contributed by atoms with Crippen molar-refractivity contribution in [1.29, 1.82) is 0 Å². The Kier molecular flexibility index (Phi) is 16.1. The van der Waals surface area contributed by atoms with Crippen molar-refractivity contribution in [3.63, 3.8) is 0 Å². The molecule has 15 nitrogen and oxygen atoms in total. The van der Waals surface area contributed by atoms with Crippen LogP contribution in [0.4, 0.5) is 18.0 Å². The van der Waals surface area contributed by atoms with E-state index in [0.717, 1.165) is 35.6 Å². The third-order valence-corrected chi connectivity index (χ3v) is 10.8. The van der Waals surface area contributed by atoms with Gasteiger partial charge in [-0.1, -0.05) is 44.2 Å². The molecule has 2 aliphatic heterocycles. The molecule has 5 amide bonds. The second-order valence-electron chi connectivity index (χ2n) is 17.6. The van der Waals surface area contributed by atoms with Gasteiger partial charge in [0.05, 0.1) is 38.0 Å². The van der Waals surface area contributed by atoms with Gasteiger partial charge in [-0.05, 0) is 63.3 Å². The topological polar surface area (TPSA) is 170 Å². The molecule has 0 spiro atoms. The van der Waals surface area contributed by atoms with Crippen LogP contribution in [0.2, 0.25) is 0 Å². The maximum Gasteiger partial charge on any atom is 0.410 e. The van der Waals surface area contributed by atoms with Crippen molar-refractivity contribution < 1.29 is 56.1 Å². The molecule has 346 valence electrons. The number of rotatable bonds is 19. The van der Waals surface area contributed by atoms with E-state index < -0.39 is 76.7 Å². The zero-order chi connectivity index (χ0) is 46.9. The molecule has 1 fully saturated rings. The standard InChI is InChI=1S/C46H57F3N6O9/c1-29(63-30(2)56)43(60)55(26-32-25-53(27-36(32)49)44(61)64-45(3,4)5)41(46(6,7)18-19-50-38(57)17-21-62-22-20-54-39(58)15-16-40(54)59)42-51-37(34-23-33(47)13-14-35(34)48)28-52(42)24-31-11-9-8-10-12-31/h8-16,23,28-29,32,36,41H,17-22,24-27H2,1-7H3,(H,50,57). The number of halogens is 3. The van der Waals surface area contributed by atoms with Crippen LogP contribution in [0.1, 0.15) is 78.7 Å². The fraction of sp³-hybridized carbons (Fsp3) is 0.500. The molecule has 3 heterocycles. The van der Waals surface area contributed by atoms with E-state index >= 15 is 8.78 Å². The highest BCUT2D eigenvalue weighted by Gasteiger charge is 2.46. The lowest BCUT2D eigenvalue weighted by atomic mass is 9.78. The van der Waals surface area contributed by atoms with Crippen molar-refractivity contribution in [2.24, 2.45) is 11.3 Å². The van der Waals surface area contributed by atoms with Crippen LogP contribution >= 0.6 is 0 Å². The number of benzene rings is 2. The summed E-state index contributed by atoms with van der Waals surface area (Å²) in [7, 11) is 0. The zero-order valence-electron chi connectivity index (χ0n) is 37.3. The average molecular weight is 895 g/mol. The number of aromatic nitrogens is 2. The van der Waals surface area contributed by atoms with Gasteiger partial charge in [-0.25, -0.2) is 22.9 Å². The van der Waals surface area contributed by atoms with E-state index in [1.165, 1.54) is 28.9 Å². The molecule has 4 atom stereocenters. The van der Waals surface area contributed by atoms with Crippen molar-refractivity contribution in [3.05, 3.63) is 89.9 Å². The predicted octanol–water partition coefficient (Wildman–Crippen LogP) is 5.77. The first-order chi connectivity index (χ1) is 30.1. The highest BCUT2D eigenvalue weighted by molar-refractivity contribution is 6.12. The summed E-state index contributed by atoms with van der Waals surface area (Å²) in [4.78, 5) is 85.4. The molecule has 1 aromatic heterocycles. The minimum atomic E-state index is -1.61. The summed E-state index contributed by atoms with van der Waals surface area (Å²) in [6, 6.07) is 11.1. The van der Waals surface area contributed by atoms with Crippen LogP contribution in [-0.2, 0) is 44.7 Å². The van der Waals surface area contributed by atoms with Crippen LogP contribution in [0, 0.1) is 23.0 Å². The van der Waals surface area contributed by atoms with Gasteiger partial charge in [0.2, 0.25) is 5.91 Å². The summed E-state index contributed by atoms with van der Waals surface area (Å²) in [6.45, 7) is 10.8. The van der Waals surface area contributed by atoms with Gasteiger partial charge < -0.3 is 33.9 Å². The van der Waals surface area contributed by atoms with Gasteiger partial charge in [-0.15, -0.1) is 0 Å². The van der Waals surface area contributed by atoms with E-state index in [1.807, 2.05) is 44.2 Å². The maximum atomic E-state index is 16.2. The number of nitrogens with one attached hydrogen (secondary N) is 1. The summed E-state index contributed by atoms with van der Waals surface area (Å²) in [5, 5.41) is 2.87. The monoisotopic (exact) mass is 894 g/mol. The molecule has 0 bridgehead atoms. The Morgan fingerprint density at radius 3 is 2.31 bits per heavy atom. The quantitative estimate of drug-likeness (QED) is 0.0887. The molecule has 4 unspecified atom stereocenters. The summed E-state index contributed by atoms with van der Waals surface area (Å²) in [6.07, 6.45) is 0.319. The van der Waals surface area contributed by atoms with Gasteiger partial charge in [0, 0.05) is 69.4 Å². The van der Waals surface area contributed by atoms with Crippen molar-refractivity contribution in [1.82, 2.24) is 29.6 Å². The number of hydrogen-bond donors (Lipinski definition) is 1. The molecule has 18 heteroatoms. The van der Waals surface area contributed by atoms with Crippen molar-refractivity contribution >= 4 is 35.7 Å². The van der Waals surface area contributed by atoms with Gasteiger partial charge in [-0.2, -0.15) is 0 Å². The zero-order valence-corrected chi connectivity index (χ0v) is 37.3. The van der Waals surface area contributed by atoms with Gasteiger partial charge >= 0.3 is 12.1 Å². The highest BCUT2D eigenvalue weighted by atomic mass is 19.1. The molecule has 1 N–H and O–H groups in total. The molecule has 1 saturated heterocycles. The molecule has 2 aliphatic rings. The van der Waals surface area contributed by atoms with Crippen molar-refractivity contribution in [2.45, 2.75) is 91.8 Å². The number of esters is 1. The number of alkyl halides is 1. The van der Waals surface area contributed by atoms with E-state index in [4.69, 9.17) is 19.2 Å². The van der Waals surface area contributed by atoms with Gasteiger partial charge in [0.15, 0.2) is 6.10 Å². The summed E-state index contributed by atoms with van der Waals surface area (Å²) < 4.78 is 64.5. The Morgan fingerprint density at radius 2 is 1.66 bits per heavy atom. The average Bonchev–Trinajstić information content (AvgIpc) is 3.89. The number of nitrogens with zero attached hydrogens (tertiary/aromatic N) is 5. The SMILES string of the molecule is CC(=O)OC(C)C(=O)N(CC1CN(C(=O)OC(C)(C)C)CC1F)C(c1nc(-c2cc(F)ccc2F)cn1Cc1ccccc1)C(C)(C)CCNC(=O)CCOCCN1C(=O)C=CC1=O. The maximum absolute atomic E-state index is 16.2. The number of imidazole rings is 1. The van der Waals surface area contributed by atoms with E-state index in [-0.39, 0.29) is 88.3 Å². The molecule has 0 radical (unpaired) electrons. The minimum Gasteiger partial charge on any atom is -0.453 e. The first-order valence-electron chi connectivity index (χ1n) is 21.2. The number of amides is 5. The molecule has 0 saturated carbocycles. The van der Waals surface area contributed by atoms with Crippen molar-refractivity contribution in [3.8, 4) is 11.3 Å². The summed E-state index contributed by atoms with van der Waals surface area (Å²) in [5.41, 5.74) is -1.22.